The Morgan fingerprint density at radius 2 is 2.33 bits per heavy atom. The van der Waals surface area contributed by atoms with Crippen molar-refractivity contribution in [1.82, 2.24) is 14.8 Å². The zero-order valence-corrected chi connectivity index (χ0v) is 10.3. The monoisotopic (exact) mass is 261 g/mol. The van der Waals surface area contributed by atoms with Gasteiger partial charge in [0.25, 0.3) is 0 Å². The van der Waals surface area contributed by atoms with Gasteiger partial charge in [-0.3, -0.25) is 10.1 Å². The summed E-state index contributed by atoms with van der Waals surface area (Å²) in [5.41, 5.74) is 2.28. The number of anilines is 2. The summed E-state index contributed by atoms with van der Waals surface area (Å²) in [7, 11) is 0. The molecular weight excluding hydrogens is 250 g/mol. The van der Waals surface area contributed by atoms with E-state index >= 15 is 0 Å². The molecule has 6 nitrogen and oxygen atoms in total. The van der Waals surface area contributed by atoms with Crippen LogP contribution in [0.3, 0.4) is 0 Å². The molecule has 1 aliphatic rings. The van der Waals surface area contributed by atoms with Crippen LogP contribution in [0.15, 0.2) is 24.3 Å². The Balaban J connectivity index is 1.70. The highest BCUT2D eigenvalue weighted by atomic mass is 32.1. The lowest BCUT2D eigenvalue weighted by molar-refractivity contribution is -0.119. The lowest BCUT2D eigenvalue weighted by atomic mass is 9.93. The van der Waals surface area contributed by atoms with Crippen LogP contribution in [0.5, 0.6) is 0 Å². The molecule has 0 saturated heterocycles. The fourth-order valence-electron chi connectivity index (χ4n) is 2.02. The minimum Gasteiger partial charge on any atom is -0.384 e. The van der Waals surface area contributed by atoms with Crippen LogP contribution in [0, 0.1) is 5.92 Å². The molecule has 0 spiro atoms. The molecule has 0 fully saturated rings. The Morgan fingerprint density at radius 1 is 1.44 bits per heavy atom. The molecule has 1 aromatic carbocycles. The quantitative estimate of drug-likeness (QED) is 0.848. The molecule has 2 aromatic rings. The van der Waals surface area contributed by atoms with E-state index in [1.54, 1.807) is 0 Å². The van der Waals surface area contributed by atoms with Crippen molar-refractivity contribution < 1.29 is 4.79 Å². The number of hydrogen-bond acceptors (Lipinski definition) is 6. The van der Waals surface area contributed by atoms with Gasteiger partial charge in [-0.2, -0.15) is 0 Å². The van der Waals surface area contributed by atoms with Gasteiger partial charge in [0.1, 0.15) is 0 Å². The third-order valence-electron chi connectivity index (χ3n) is 2.92. The Kier molecular flexibility index (Phi) is 2.89. The first-order valence-corrected chi connectivity index (χ1v) is 6.38. The molecule has 3 rings (SSSR count). The Hall–Kier alpha value is -2.02. The number of rotatable bonds is 2. The van der Waals surface area contributed by atoms with E-state index in [0.717, 1.165) is 23.6 Å². The standard InChI is InChI=1S/C11H11N5OS/c17-10(13-11-14-15-16-18-11)8-5-7-3-1-2-4-9(7)12-6-8/h1-4,8,12H,5-6H2,(H,13,14,16,17). The number of aromatic nitrogens is 3. The Labute approximate surface area is 108 Å². The summed E-state index contributed by atoms with van der Waals surface area (Å²) in [4.78, 5) is 12.0. The maximum absolute atomic E-state index is 12.0. The molecule has 1 aliphatic heterocycles. The van der Waals surface area contributed by atoms with Gasteiger partial charge in [0.2, 0.25) is 11.0 Å². The maximum atomic E-state index is 12.0. The number of amides is 1. The van der Waals surface area contributed by atoms with E-state index in [1.807, 2.05) is 24.3 Å². The summed E-state index contributed by atoms with van der Waals surface area (Å²) in [6.07, 6.45) is 0.737. The topological polar surface area (TPSA) is 79.8 Å². The van der Waals surface area contributed by atoms with Crippen LogP contribution >= 0.6 is 11.5 Å². The van der Waals surface area contributed by atoms with E-state index in [9.17, 15) is 4.79 Å². The van der Waals surface area contributed by atoms with Crippen LogP contribution in [0.4, 0.5) is 10.8 Å². The number of para-hydroxylation sites is 1. The summed E-state index contributed by atoms with van der Waals surface area (Å²) in [6.45, 7) is 0.634. The second-order valence-electron chi connectivity index (χ2n) is 4.10. The number of carbonyl (C=O) groups is 1. The van der Waals surface area contributed by atoms with Crippen LogP contribution in [0.25, 0.3) is 0 Å². The van der Waals surface area contributed by atoms with Crippen molar-refractivity contribution in [3.05, 3.63) is 29.8 Å². The average Bonchev–Trinajstić information content (AvgIpc) is 2.91. The molecule has 92 valence electrons. The average molecular weight is 261 g/mol. The molecule has 7 heteroatoms. The van der Waals surface area contributed by atoms with E-state index in [0.29, 0.717) is 11.7 Å². The van der Waals surface area contributed by atoms with E-state index in [-0.39, 0.29) is 11.8 Å². The zero-order valence-electron chi connectivity index (χ0n) is 9.46. The Bertz CT molecular complexity index is 556. The lowest BCUT2D eigenvalue weighted by Gasteiger charge is -2.24. The summed E-state index contributed by atoms with van der Waals surface area (Å²) in [5.74, 6) is -0.139. The maximum Gasteiger partial charge on any atom is 0.231 e. The summed E-state index contributed by atoms with van der Waals surface area (Å²) < 4.78 is 3.61. The molecule has 2 heterocycles. The van der Waals surface area contributed by atoms with Gasteiger partial charge in [0, 0.05) is 23.8 Å². The van der Waals surface area contributed by atoms with Crippen LogP contribution in [-0.4, -0.2) is 27.3 Å². The fourth-order valence-corrected chi connectivity index (χ4v) is 2.39. The molecule has 1 aromatic heterocycles. The molecule has 0 saturated carbocycles. The van der Waals surface area contributed by atoms with Gasteiger partial charge < -0.3 is 5.32 Å². The van der Waals surface area contributed by atoms with E-state index in [4.69, 9.17) is 0 Å². The Morgan fingerprint density at radius 3 is 3.17 bits per heavy atom. The lowest BCUT2D eigenvalue weighted by Crippen LogP contribution is -2.33. The number of fused-ring (bicyclic) bond motifs is 1. The third kappa shape index (κ3) is 2.17. The van der Waals surface area contributed by atoms with Crippen molar-refractivity contribution in [2.45, 2.75) is 6.42 Å². The molecule has 1 amide bonds. The number of benzene rings is 1. The third-order valence-corrected chi connectivity index (χ3v) is 3.43. The highest BCUT2D eigenvalue weighted by Gasteiger charge is 2.24. The number of hydrogen-bond donors (Lipinski definition) is 2. The van der Waals surface area contributed by atoms with Gasteiger partial charge in [-0.25, -0.2) is 0 Å². The van der Waals surface area contributed by atoms with Gasteiger partial charge in [0.15, 0.2) is 0 Å². The second-order valence-corrected chi connectivity index (χ2v) is 4.83. The van der Waals surface area contributed by atoms with E-state index < -0.39 is 0 Å². The first-order chi connectivity index (χ1) is 8.83. The number of nitrogens with zero attached hydrogens (tertiary/aromatic N) is 3. The fraction of sp³-hybridized carbons (Fsp3) is 0.273. The van der Waals surface area contributed by atoms with Crippen molar-refractivity contribution in [3.63, 3.8) is 0 Å². The molecule has 0 bridgehead atoms. The van der Waals surface area contributed by atoms with Crippen molar-refractivity contribution in [2.24, 2.45) is 5.92 Å². The SMILES string of the molecule is O=C(Nc1nnns1)C1CNc2ccccc2C1. The predicted molar refractivity (Wildman–Crippen MR) is 68.5 cm³/mol. The van der Waals surface area contributed by atoms with Crippen molar-refractivity contribution in [2.75, 3.05) is 17.2 Å². The van der Waals surface area contributed by atoms with Crippen molar-refractivity contribution in [3.8, 4) is 0 Å². The molecule has 2 N–H and O–H groups in total. The van der Waals surface area contributed by atoms with E-state index in [2.05, 4.69) is 25.4 Å². The molecule has 0 radical (unpaired) electrons. The zero-order chi connectivity index (χ0) is 12.4. The highest BCUT2D eigenvalue weighted by Crippen LogP contribution is 2.24. The van der Waals surface area contributed by atoms with Crippen molar-refractivity contribution in [1.29, 1.82) is 0 Å². The van der Waals surface area contributed by atoms with Crippen LogP contribution in [0.2, 0.25) is 0 Å². The number of nitrogens with one attached hydrogen (secondary N) is 2. The molecule has 0 aliphatic carbocycles. The largest absolute Gasteiger partial charge is 0.384 e. The normalized spacial score (nSPS) is 17.7. The summed E-state index contributed by atoms with van der Waals surface area (Å²) in [5, 5.41) is 13.6. The first-order valence-electron chi connectivity index (χ1n) is 5.60. The van der Waals surface area contributed by atoms with Crippen molar-refractivity contribution >= 4 is 28.3 Å². The summed E-state index contributed by atoms with van der Waals surface area (Å²) >= 11 is 1.08. The van der Waals surface area contributed by atoms with Gasteiger partial charge in [-0.05, 0) is 23.3 Å². The van der Waals surface area contributed by atoms with Gasteiger partial charge >= 0.3 is 0 Å². The molecule has 18 heavy (non-hydrogen) atoms. The minimum atomic E-state index is -0.0937. The van der Waals surface area contributed by atoms with Crippen LogP contribution < -0.4 is 10.6 Å². The highest BCUT2D eigenvalue weighted by molar-refractivity contribution is 7.09. The van der Waals surface area contributed by atoms with Gasteiger partial charge in [-0.15, -0.1) is 0 Å². The summed E-state index contributed by atoms with van der Waals surface area (Å²) in [6, 6.07) is 8.03. The predicted octanol–water partition coefficient (Wildman–Crippen LogP) is 1.16. The second kappa shape index (κ2) is 4.69. The van der Waals surface area contributed by atoms with E-state index in [1.165, 1.54) is 5.56 Å². The van der Waals surface area contributed by atoms with Crippen LogP contribution in [-0.2, 0) is 11.2 Å². The smallest absolute Gasteiger partial charge is 0.231 e. The van der Waals surface area contributed by atoms with Gasteiger partial charge in [0.05, 0.1) is 5.92 Å². The minimum absolute atomic E-state index is 0.0458. The molecule has 1 atom stereocenters. The molecular formula is C11H11N5OS. The van der Waals surface area contributed by atoms with Gasteiger partial charge in [-0.1, -0.05) is 27.8 Å². The van der Waals surface area contributed by atoms with Crippen LogP contribution in [0.1, 0.15) is 5.56 Å². The number of carbonyl (C=O) groups excluding carboxylic acids is 1. The molecule has 1 unspecified atom stereocenters. The first kappa shape index (κ1) is 11.1.